The molecule has 1 aliphatic heterocycles. The monoisotopic (exact) mass is 473 g/mol. The number of nitrogens with one attached hydrogen (secondary N) is 2. The number of carbonyl (C=O) groups excluding carboxylic acids is 1. The van der Waals surface area contributed by atoms with Crippen LogP contribution in [0.25, 0.3) is 0 Å². The normalized spacial score (nSPS) is 19.9. The molecule has 1 atom stereocenters. The molecule has 1 fully saturated rings. The first-order chi connectivity index (χ1) is 16.4. The van der Waals surface area contributed by atoms with Crippen LogP contribution < -0.4 is 10.6 Å². The molecule has 2 heterocycles. The number of aliphatic carboxylic acids is 1. The number of aromatic nitrogens is 1. The van der Waals surface area contributed by atoms with E-state index in [2.05, 4.69) is 22.8 Å². The summed E-state index contributed by atoms with van der Waals surface area (Å²) in [5, 5.41) is 15.0. The van der Waals surface area contributed by atoms with Crippen molar-refractivity contribution in [3.63, 3.8) is 0 Å². The number of halogens is 2. The quantitative estimate of drug-likeness (QED) is 0.486. The van der Waals surface area contributed by atoms with E-state index in [4.69, 9.17) is 9.72 Å². The van der Waals surface area contributed by atoms with Crippen molar-refractivity contribution in [2.75, 3.05) is 18.5 Å². The van der Waals surface area contributed by atoms with Crippen molar-refractivity contribution >= 4 is 17.7 Å². The Morgan fingerprint density at radius 2 is 2.06 bits per heavy atom. The molecule has 2 aromatic rings. The molecule has 0 radical (unpaired) electrons. The number of pyridine rings is 1. The van der Waals surface area contributed by atoms with E-state index in [-0.39, 0.29) is 19.1 Å². The zero-order chi connectivity index (χ0) is 24.1. The third kappa shape index (κ3) is 5.88. The van der Waals surface area contributed by atoms with Crippen molar-refractivity contribution in [1.82, 2.24) is 10.3 Å². The van der Waals surface area contributed by atoms with Gasteiger partial charge in [-0.25, -0.2) is 18.6 Å². The smallest absolute Gasteiger partial charge is 0.326 e. The number of nitrogens with zero attached hydrogens (tertiary/aromatic N) is 1. The lowest BCUT2D eigenvalue weighted by molar-refractivity contribution is -0.140. The van der Waals surface area contributed by atoms with Crippen LogP contribution in [-0.2, 0) is 22.4 Å². The van der Waals surface area contributed by atoms with Gasteiger partial charge in [-0.05, 0) is 68.2 Å². The number of carbonyl (C=O) groups is 2. The van der Waals surface area contributed by atoms with Gasteiger partial charge in [0.2, 0.25) is 0 Å². The highest BCUT2D eigenvalue weighted by Crippen LogP contribution is 2.34. The highest BCUT2D eigenvalue weighted by atomic mass is 19.2. The minimum atomic E-state index is -1.30. The summed E-state index contributed by atoms with van der Waals surface area (Å²) in [6.07, 6.45) is 6.06. The molecule has 1 aromatic carbocycles. The number of aryl methyl sites for hydroxylation is 2. The maximum Gasteiger partial charge on any atom is 0.326 e. The Morgan fingerprint density at radius 1 is 1.24 bits per heavy atom. The van der Waals surface area contributed by atoms with Crippen molar-refractivity contribution in [3.8, 4) is 0 Å². The molecule has 1 aliphatic carbocycles. The number of rotatable bonds is 10. The molecule has 34 heavy (non-hydrogen) atoms. The summed E-state index contributed by atoms with van der Waals surface area (Å²) in [6.45, 7) is 1.12. The highest BCUT2D eigenvalue weighted by molar-refractivity contribution is 5.96. The van der Waals surface area contributed by atoms with E-state index >= 15 is 0 Å². The third-order valence-corrected chi connectivity index (χ3v) is 6.51. The number of benzene rings is 1. The largest absolute Gasteiger partial charge is 0.480 e. The molecule has 7 nitrogen and oxygen atoms in total. The van der Waals surface area contributed by atoms with Crippen molar-refractivity contribution in [3.05, 3.63) is 58.8 Å². The first-order valence-electron chi connectivity index (χ1n) is 11.7. The van der Waals surface area contributed by atoms with Crippen molar-refractivity contribution < 1.29 is 28.2 Å². The van der Waals surface area contributed by atoms with Crippen LogP contribution in [0.2, 0.25) is 0 Å². The molecule has 0 saturated heterocycles. The molecular weight excluding hydrogens is 444 g/mol. The Morgan fingerprint density at radius 3 is 2.85 bits per heavy atom. The van der Waals surface area contributed by atoms with Gasteiger partial charge in [0.25, 0.3) is 5.91 Å². The second-order valence-corrected chi connectivity index (χ2v) is 8.96. The second kappa shape index (κ2) is 10.9. The molecule has 3 N–H and O–H groups in total. The molecule has 9 heteroatoms. The van der Waals surface area contributed by atoms with Crippen molar-refractivity contribution in [2.24, 2.45) is 5.92 Å². The Bertz CT molecular complexity index is 1040. The highest BCUT2D eigenvalue weighted by Gasteiger charge is 2.30. The maximum atomic E-state index is 13.8. The van der Waals surface area contributed by atoms with E-state index < -0.39 is 35.1 Å². The Labute approximate surface area is 196 Å². The molecule has 1 unspecified atom stereocenters. The van der Waals surface area contributed by atoms with Crippen LogP contribution in [0, 0.1) is 17.6 Å². The first-order valence-corrected chi connectivity index (χ1v) is 11.7. The molecule has 0 spiro atoms. The van der Waals surface area contributed by atoms with Crippen LogP contribution in [-0.4, -0.2) is 47.3 Å². The number of hydrogen-bond donors (Lipinski definition) is 3. The van der Waals surface area contributed by atoms with E-state index in [0.29, 0.717) is 5.92 Å². The lowest BCUT2D eigenvalue weighted by Gasteiger charge is -2.35. The van der Waals surface area contributed by atoms with Gasteiger partial charge < -0.3 is 20.5 Å². The zero-order valence-electron chi connectivity index (χ0n) is 18.9. The molecule has 182 valence electrons. The minimum absolute atomic E-state index is 0.0330. The van der Waals surface area contributed by atoms with Crippen LogP contribution in [0.4, 0.5) is 14.6 Å². The maximum absolute atomic E-state index is 13.8. The number of amides is 1. The number of fused-ring (bicyclic) bond motifs is 1. The van der Waals surface area contributed by atoms with Gasteiger partial charge in [-0.2, -0.15) is 0 Å². The summed E-state index contributed by atoms with van der Waals surface area (Å²) in [4.78, 5) is 28.4. The molecule has 2 aliphatic rings. The SMILES string of the molecule is O=C(NC(CCO[C@H]1C[C@H](CCc2ccc3c(n2)NCCC3)C1)C(=O)O)c1cccc(F)c1F. The topological polar surface area (TPSA) is 101 Å². The third-order valence-electron chi connectivity index (χ3n) is 6.51. The zero-order valence-corrected chi connectivity index (χ0v) is 18.9. The Balaban J connectivity index is 1.16. The lowest BCUT2D eigenvalue weighted by Crippen LogP contribution is -2.42. The van der Waals surface area contributed by atoms with Gasteiger partial charge in [0.05, 0.1) is 11.7 Å². The van der Waals surface area contributed by atoms with Crippen molar-refractivity contribution in [2.45, 2.75) is 57.1 Å². The average Bonchev–Trinajstić information content (AvgIpc) is 2.80. The molecule has 1 saturated carbocycles. The fourth-order valence-electron chi connectivity index (χ4n) is 4.43. The van der Waals surface area contributed by atoms with Gasteiger partial charge in [0, 0.05) is 25.3 Å². The second-order valence-electron chi connectivity index (χ2n) is 8.96. The summed E-state index contributed by atoms with van der Waals surface area (Å²) < 4.78 is 32.9. The van der Waals surface area contributed by atoms with Gasteiger partial charge in [-0.3, -0.25) is 4.79 Å². The number of ether oxygens (including phenoxy) is 1. The van der Waals surface area contributed by atoms with Crippen LogP contribution in [0.5, 0.6) is 0 Å². The van der Waals surface area contributed by atoms with Crippen molar-refractivity contribution in [1.29, 1.82) is 0 Å². The molecule has 0 bridgehead atoms. The van der Waals surface area contributed by atoms with Gasteiger partial charge >= 0.3 is 5.97 Å². The van der Waals surface area contributed by atoms with E-state index in [1.54, 1.807) is 0 Å². The minimum Gasteiger partial charge on any atom is -0.480 e. The van der Waals surface area contributed by atoms with E-state index in [0.717, 1.165) is 68.7 Å². The first kappa shape index (κ1) is 24.1. The van der Waals surface area contributed by atoms with Crippen LogP contribution in [0.15, 0.2) is 30.3 Å². The van der Waals surface area contributed by atoms with Gasteiger partial charge in [0.15, 0.2) is 11.6 Å². The molecule has 1 amide bonds. The molecule has 1 aromatic heterocycles. The summed E-state index contributed by atoms with van der Waals surface area (Å²) >= 11 is 0. The lowest BCUT2D eigenvalue weighted by atomic mass is 9.79. The number of hydrogen-bond acceptors (Lipinski definition) is 5. The number of carboxylic acid groups (broad SMARTS) is 1. The van der Waals surface area contributed by atoms with Gasteiger partial charge in [0.1, 0.15) is 11.9 Å². The van der Waals surface area contributed by atoms with E-state index in [1.165, 1.54) is 11.6 Å². The predicted octanol–water partition coefficient (Wildman–Crippen LogP) is 3.72. The molecular formula is C25H29F2N3O4. The van der Waals surface area contributed by atoms with E-state index in [1.807, 2.05) is 0 Å². The number of carboxylic acids is 1. The predicted molar refractivity (Wildman–Crippen MR) is 122 cm³/mol. The Hall–Kier alpha value is -3.07. The summed E-state index contributed by atoms with van der Waals surface area (Å²) in [5.41, 5.74) is 1.84. The summed E-state index contributed by atoms with van der Waals surface area (Å²) in [6, 6.07) is 6.20. The fourth-order valence-corrected chi connectivity index (χ4v) is 4.43. The van der Waals surface area contributed by atoms with Gasteiger partial charge in [-0.1, -0.05) is 12.1 Å². The Kier molecular flexibility index (Phi) is 7.72. The summed E-state index contributed by atoms with van der Waals surface area (Å²) in [5.74, 6) is -3.14. The van der Waals surface area contributed by atoms with Gasteiger partial charge in [-0.15, -0.1) is 0 Å². The molecule has 4 rings (SSSR count). The van der Waals surface area contributed by atoms with Crippen LogP contribution in [0.3, 0.4) is 0 Å². The summed E-state index contributed by atoms with van der Waals surface area (Å²) in [7, 11) is 0. The standard InChI is InChI=1S/C25H29F2N3O4/c26-20-5-1-4-19(22(20)27)24(31)30-21(25(32)33)10-12-34-18-13-15(14-18)6-8-17-9-7-16-3-2-11-28-23(16)29-17/h1,4-5,7,9,15,18,21H,2-3,6,8,10-14H2,(H,28,29)(H,30,31)(H,32,33)/t15-,18-,21?. The van der Waals surface area contributed by atoms with Crippen LogP contribution in [0.1, 0.15) is 53.7 Å². The fraction of sp³-hybridized carbons (Fsp3) is 0.480. The van der Waals surface area contributed by atoms with E-state index in [9.17, 15) is 23.5 Å². The number of anilines is 1. The van der Waals surface area contributed by atoms with Crippen LogP contribution >= 0.6 is 0 Å². The average molecular weight is 474 g/mol.